The minimum atomic E-state index is -1.17. The Bertz CT molecular complexity index is 475. The third-order valence-corrected chi connectivity index (χ3v) is 6.31. The van der Waals surface area contributed by atoms with E-state index in [0.717, 1.165) is 25.7 Å². The van der Waals surface area contributed by atoms with Crippen molar-refractivity contribution in [1.82, 2.24) is 0 Å². The van der Waals surface area contributed by atoms with Crippen molar-refractivity contribution in [3.05, 3.63) is 0 Å². The van der Waals surface area contributed by atoms with Crippen LogP contribution in [0.4, 0.5) is 0 Å². The van der Waals surface area contributed by atoms with Gasteiger partial charge in [0.05, 0.1) is 36.3 Å². The van der Waals surface area contributed by atoms with Gasteiger partial charge in [0.1, 0.15) is 0 Å². The lowest BCUT2D eigenvalue weighted by molar-refractivity contribution is -0.167. The largest absolute Gasteiger partial charge is 0.481 e. The van der Waals surface area contributed by atoms with Gasteiger partial charge < -0.3 is 19.7 Å². The van der Waals surface area contributed by atoms with Crippen LogP contribution in [0.25, 0.3) is 0 Å². The van der Waals surface area contributed by atoms with E-state index in [1.165, 1.54) is 0 Å². The molecular weight excluding hydrogens is 288 g/mol. The Morgan fingerprint density at radius 1 is 0.864 bits per heavy atom. The van der Waals surface area contributed by atoms with Crippen molar-refractivity contribution >= 4 is 11.9 Å². The first-order chi connectivity index (χ1) is 10.5. The number of carboxylic acids is 2. The molecular formula is C16H22O6. The Kier molecular flexibility index (Phi) is 3.24. The molecule has 2 heterocycles. The van der Waals surface area contributed by atoms with E-state index in [2.05, 4.69) is 0 Å². The van der Waals surface area contributed by atoms with Crippen LogP contribution in [0.1, 0.15) is 44.9 Å². The fourth-order valence-electron chi connectivity index (χ4n) is 5.04. The van der Waals surface area contributed by atoms with Crippen LogP contribution in [0.2, 0.25) is 0 Å². The molecule has 0 aromatic rings. The highest BCUT2D eigenvalue weighted by Gasteiger charge is 2.60. The summed E-state index contributed by atoms with van der Waals surface area (Å²) < 4.78 is 11.1. The molecule has 22 heavy (non-hydrogen) atoms. The van der Waals surface area contributed by atoms with Gasteiger partial charge in [0.25, 0.3) is 0 Å². The Labute approximate surface area is 128 Å². The lowest BCUT2D eigenvalue weighted by Gasteiger charge is -2.44. The lowest BCUT2D eigenvalue weighted by Crippen LogP contribution is -2.49. The molecule has 0 bridgehead atoms. The number of epoxide rings is 2. The van der Waals surface area contributed by atoms with Gasteiger partial charge >= 0.3 is 11.9 Å². The highest BCUT2D eigenvalue weighted by Crippen LogP contribution is 2.56. The van der Waals surface area contributed by atoms with Crippen LogP contribution in [-0.2, 0) is 19.1 Å². The van der Waals surface area contributed by atoms with E-state index in [1.807, 2.05) is 0 Å². The molecule has 2 saturated heterocycles. The molecule has 6 atom stereocenters. The number of carbonyl (C=O) groups is 2. The zero-order chi connectivity index (χ0) is 15.5. The van der Waals surface area contributed by atoms with Gasteiger partial charge in [0.15, 0.2) is 0 Å². The molecule has 0 amide bonds. The summed E-state index contributed by atoms with van der Waals surface area (Å²) in [6.45, 7) is 0. The predicted molar refractivity (Wildman–Crippen MR) is 74.3 cm³/mol. The Hall–Kier alpha value is -1.14. The van der Waals surface area contributed by atoms with Gasteiger partial charge in [0, 0.05) is 0 Å². The fraction of sp³-hybridized carbons (Fsp3) is 0.875. The number of fused-ring (bicyclic) bond motifs is 2. The Balaban J connectivity index is 1.64. The normalized spacial score (nSPS) is 45.1. The number of hydrogen-bond acceptors (Lipinski definition) is 4. The van der Waals surface area contributed by atoms with Crippen molar-refractivity contribution in [3.8, 4) is 0 Å². The highest BCUT2D eigenvalue weighted by atomic mass is 16.6. The van der Waals surface area contributed by atoms with Crippen LogP contribution in [-0.4, -0.2) is 46.6 Å². The minimum Gasteiger partial charge on any atom is -0.481 e. The maximum absolute atomic E-state index is 12.3. The smallest absolute Gasteiger partial charge is 0.310 e. The van der Waals surface area contributed by atoms with Crippen LogP contribution in [0.15, 0.2) is 0 Å². The maximum atomic E-state index is 12.3. The average Bonchev–Trinajstić information content (AvgIpc) is 3.35. The summed E-state index contributed by atoms with van der Waals surface area (Å²) in [5.41, 5.74) is -1.17. The van der Waals surface area contributed by atoms with Gasteiger partial charge in [-0.3, -0.25) is 9.59 Å². The van der Waals surface area contributed by atoms with Crippen molar-refractivity contribution < 1.29 is 29.3 Å². The molecule has 2 aliphatic heterocycles. The zero-order valence-electron chi connectivity index (χ0n) is 12.4. The number of carboxylic acid groups (broad SMARTS) is 2. The zero-order valence-corrected chi connectivity index (χ0v) is 12.4. The molecule has 6 unspecified atom stereocenters. The topological polar surface area (TPSA) is 99.7 Å². The number of hydrogen-bond donors (Lipinski definition) is 2. The first-order valence-corrected chi connectivity index (χ1v) is 8.27. The van der Waals surface area contributed by atoms with Crippen LogP contribution >= 0.6 is 0 Å². The van der Waals surface area contributed by atoms with E-state index < -0.39 is 17.4 Å². The Morgan fingerprint density at radius 3 is 1.73 bits per heavy atom. The maximum Gasteiger partial charge on any atom is 0.310 e. The van der Waals surface area contributed by atoms with Gasteiger partial charge in [0.2, 0.25) is 0 Å². The third-order valence-electron chi connectivity index (χ3n) is 6.31. The van der Waals surface area contributed by atoms with E-state index in [9.17, 15) is 19.8 Å². The van der Waals surface area contributed by atoms with Crippen molar-refractivity contribution in [2.75, 3.05) is 0 Å². The molecule has 6 nitrogen and oxygen atoms in total. The molecule has 0 spiro atoms. The summed E-state index contributed by atoms with van der Waals surface area (Å²) in [5, 5.41) is 19.4. The van der Waals surface area contributed by atoms with Crippen molar-refractivity contribution in [2.45, 2.75) is 69.4 Å². The van der Waals surface area contributed by atoms with Crippen molar-refractivity contribution in [2.24, 2.45) is 17.3 Å². The minimum absolute atomic E-state index is 0.106. The van der Waals surface area contributed by atoms with Crippen LogP contribution in [0, 0.1) is 17.3 Å². The van der Waals surface area contributed by atoms with Gasteiger partial charge in [-0.2, -0.15) is 0 Å². The second-order valence-electron chi connectivity index (χ2n) is 7.36. The fourth-order valence-corrected chi connectivity index (χ4v) is 5.04. The van der Waals surface area contributed by atoms with Crippen molar-refractivity contribution in [3.63, 3.8) is 0 Å². The van der Waals surface area contributed by atoms with E-state index in [1.54, 1.807) is 0 Å². The molecule has 2 saturated carbocycles. The summed E-state index contributed by atoms with van der Waals surface area (Å²) in [5.74, 6) is -2.17. The van der Waals surface area contributed by atoms with Gasteiger partial charge in [-0.15, -0.1) is 0 Å². The first kappa shape index (κ1) is 14.5. The summed E-state index contributed by atoms with van der Waals surface area (Å²) >= 11 is 0. The lowest BCUT2D eigenvalue weighted by atomic mass is 9.57. The second kappa shape index (κ2) is 4.93. The highest BCUT2D eigenvalue weighted by molar-refractivity contribution is 5.82. The van der Waals surface area contributed by atoms with Crippen LogP contribution in [0.5, 0.6) is 0 Å². The van der Waals surface area contributed by atoms with Gasteiger partial charge in [-0.05, 0) is 50.4 Å². The molecule has 2 aliphatic carbocycles. The van der Waals surface area contributed by atoms with Crippen LogP contribution < -0.4 is 0 Å². The third kappa shape index (κ3) is 2.24. The first-order valence-electron chi connectivity index (χ1n) is 8.27. The van der Waals surface area contributed by atoms with E-state index in [4.69, 9.17) is 9.47 Å². The van der Waals surface area contributed by atoms with E-state index >= 15 is 0 Å². The summed E-state index contributed by atoms with van der Waals surface area (Å²) in [6.07, 6.45) is 5.21. The van der Waals surface area contributed by atoms with Gasteiger partial charge in [-0.25, -0.2) is 0 Å². The van der Waals surface area contributed by atoms with Gasteiger partial charge in [-0.1, -0.05) is 0 Å². The molecule has 4 rings (SSSR count). The molecule has 6 heteroatoms. The monoisotopic (exact) mass is 310 g/mol. The quantitative estimate of drug-likeness (QED) is 0.749. The number of ether oxygens (including phenoxy) is 2. The predicted octanol–water partition coefficient (Wildman–Crippen LogP) is 1.67. The standard InChI is InChI=1S/C16H22O6/c17-14(18)7-16(15(19)20,8-1-3-10-12(5-8)21-10)9-2-4-11-13(6-9)22-11/h8-13H,1-7H2,(H,17,18)(H,19,20). The molecule has 122 valence electrons. The molecule has 2 N–H and O–H groups in total. The molecule has 0 radical (unpaired) electrons. The number of rotatable bonds is 5. The van der Waals surface area contributed by atoms with Crippen molar-refractivity contribution in [1.29, 1.82) is 0 Å². The summed E-state index contributed by atoms with van der Waals surface area (Å²) in [4.78, 5) is 23.7. The SMILES string of the molecule is O=C(O)CC(C(=O)O)(C1CCC2OC2C1)C1CCC2OC2C1. The van der Waals surface area contributed by atoms with E-state index in [-0.39, 0.29) is 42.7 Å². The molecule has 0 aromatic heterocycles. The second-order valence-corrected chi connectivity index (χ2v) is 7.36. The Morgan fingerprint density at radius 2 is 1.36 bits per heavy atom. The number of aliphatic carboxylic acids is 2. The van der Waals surface area contributed by atoms with E-state index in [0.29, 0.717) is 12.8 Å². The average molecular weight is 310 g/mol. The summed E-state index contributed by atoms with van der Waals surface area (Å²) in [6, 6.07) is 0. The van der Waals surface area contributed by atoms with Crippen LogP contribution in [0.3, 0.4) is 0 Å². The molecule has 4 fully saturated rings. The molecule has 4 aliphatic rings. The summed E-state index contributed by atoms with van der Waals surface area (Å²) in [7, 11) is 0. The molecule has 0 aromatic carbocycles.